The molecular weight excluding hydrogens is 308 g/mol. The molecule has 4 N–H and O–H groups in total. The van der Waals surface area contributed by atoms with Gasteiger partial charge in [0.15, 0.2) is 0 Å². The van der Waals surface area contributed by atoms with E-state index in [1.165, 1.54) is 6.08 Å². The molecule has 2 aromatic heterocycles. The van der Waals surface area contributed by atoms with Gasteiger partial charge in [-0.1, -0.05) is 6.58 Å². The van der Waals surface area contributed by atoms with Gasteiger partial charge in [-0.2, -0.15) is 0 Å². The van der Waals surface area contributed by atoms with Gasteiger partial charge in [-0.25, -0.2) is 9.97 Å². The summed E-state index contributed by atoms with van der Waals surface area (Å²) in [6, 6.07) is 2.03. The van der Waals surface area contributed by atoms with Crippen molar-refractivity contribution in [1.29, 1.82) is 0 Å². The number of nitrogens with one attached hydrogen (secondary N) is 2. The summed E-state index contributed by atoms with van der Waals surface area (Å²) in [6.45, 7) is 6.13. The largest absolute Gasteiger partial charge is 0.365 e. The first-order chi connectivity index (χ1) is 11.5. The normalized spacial score (nSPS) is 20.8. The van der Waals surface area contributed by atoms with Crippen LogP contribution in [-0.2, 0) is 4.79 Å². The van der Waals surface area contributed by atoms with E-state index in [2.05, 4.69) is 26.8 Å². The van der Waals surface area contributed by atoms with E-state index in [1.807, 2.05) is 13.0 Å². The minimum absolute atomic E-state index is 0.0267. The summed E-state index contributed by atoms with van der Waals surface area (Å²) in [7, 11) is 0. The second-order valence-corrected chi connectivity index (χ2v) is 5.96. The highest BCUT2D eigenvalue weighted by molar-refractivity contribution is 5.94. The van der Waals surface area contributed by atoms with E-state index in [-0.39, 0.29) is 23.8 Å². The maximum atomic E-state index is 12.0. The number of amides is 2. The van der Waals surface area contributed by atoms with Gasteiger partial charge in [-0.3, -0.25) is 9.59 Å². The lowest BCUT2D eigenvalue weighted by Crippen LogP contribution is -2.49. The van der Waals surface area contributed by atoms with Gasteiger partial charge in [-0.05, 0) is 31.9 Å². The number of anilines is 1. The van der Waals surface area contributed by atoms with Gasteiger partial charge in [0.05, 0.1) is 5.39 Å². The molecule has 0 radical (unpaired) electrons. The van der Waals surface area contributed by atoms with Crippen molar-refractivity contribution in [3.63, 3.8) is 0 Å². The zero-order chi connectivity index (χ0) is 17.3. The summed E-state index contributed by atoms with van der Waals surface area (Å²) in [4.78, 5) is 36.5. The van der Waals surface area contributed by atoms with Crippen LogP contribution in [0, 0.1) is 0 Å². The fourth-order valence-electron chi connectivity index (χ4n) is 3.00. The van der Waals surface area contributed by atoms with E-state index in [9.17, 15) is 9.59 Å². The Bertz CT molecular complexity index is 799. The van der Waals surface area contributed by atoms with Crippen molar-refractivity contribution >= 4 is 28.7 Å². The number of fused-ring (bicyclic) bond motifs is 1. The minimum atomic E-state index is -0.685. The van der Waals surface area contributed by atoms with Crippen LogP contribution in [0.5, 0.6) is 0 Å². The van der Waals surface area contributed by atoms with Crippen LogP contribution in [0.3, 0.4) is 0 Å². The Hall–Kier alpha value is -2.90. The van der Waals surface area contributed by atoms with E-state index in [1.54, 1.807) is 11.1 Å². The molecular formula is C16H20N6O2. The third-order valence-electron chi connectivity index (χ3n) is 4.32. The molecule has 126 valence electrons. The Morgan fingerprint density at radius 1 is 1.46 bits per heavy atom. The Morgan fingerprint density at radius 2 is 2.25 bits per heavy atom. The monoisotopic (exact) mass is 328 g/mol. The van der Waals surface area contributed by atoms with Crippen LogP contribution in [0.1, 0.15) is 30.4 Å². The zero-order valence-corrected chi connectivity index (χ0v) is 13.5. The van der Waals surface area contributed by atoms with E-state index in [4.69, 9.17) is 5.73 Å². The molecule has 8 nitrogen and oxygen atoms in total. The number of piperidine rings is 1. The van der Waals surface area contributed by atoms with Gasteiger partial charge in [0, 0.05) is 24.8 Å². The molecule has 2 amide bonds. The number of aromatic amines is 1. The summed E-state index contributed by atoms with van der Waals surface area (Å²) >= 11 is 0. The fraction of sp³-hybridized carbons (Fsp3) is 0.375. The molecule has 0 saturated carbocycles. The van der Waals surface area contributed by atoms with Crippen molar-refractivity contribution in [2.45, 2.75) is 31.8 Å². The summed E-state index contributed by atoms with van der Waals surface area (Å²) in [5.41, 5.74) is 5.85. The third kappa shape index (κ3) is 2.94. The molecule has 0 bridgehead atoms. The molecule has 24 heavy (non-hydrogen) atoms. The lowest BCUT2D eigenvalue weighted by Gasteiger charge is -2.38. The predicted molar refractivity (Wildman–Crippen MR) is 90.4 cm³/mol. The van der Waals surface area contributed by atoms with Crippen molar-refractivity contribution in [2.24, 2.45) is 5.73 Å². The second kappa shape index (κ2) is 6.31. The molecule has 3 heterocycles. The van der Waals surface area contributed by atoms with Gasteiger partial charge >= 0.3 is 0 Å². The summed E-state index contributed by atoms with van der Waals surface area (Å²) in [6.07, 6.45) is 4.83. The Kier molecular flexibility index (Phi) is 4.20. The Morgan fingerprint density at radius 3 is 2.96 bits per heavy atom. The maximum Gasteiger partial charge on any atom is 0.286 e. The predicted octanol–water partition coefficient (Wildman–Crippen LogP) is 1.03. The van der Waals surface area contributed by atoms with Crippen LogP contribution in [0.25, 0.3) is 11.0 Å². The van der Waals surface area contributed by atoms with Crippen LogP contribution in [0.2, 0.25) is 0 Å². The summed E-state index contributed by atoms with van der Waals surface area (Å²) in [5.74, 6) is -0.271. The number of carbonyl (C=O) groups excluding carboxylic acids is 2. The van der Waals surface area contributed by atoms with Crippen molar-refractivity contribution in [1.82, 2.24) is 19.9 Å². The quantitative estimate of drug-likeness (QED) is 0.725. The fourth-order valence-corrected chi connectivity index (χ4v) is 3.00. The number of primary amides is 1. The van der Waals surface area contributed by atoms with E-state index >= 15 is 0 Å². The van der Waals surface area contributed by atoms with Gasteiger partial charge in [-0.15, -0.1) is 0 Å². The molecule has 1 fully saturated rings. The second-order valence-electron chi connectivity index (χ2n) is 5.96. The molecule has 3 rings (SSSR count). The molecule has 8 heteroatoms. The number of rotatable bonds is 4. The standard InChI is InChI=1S/C16H20N6O2/c1-3-12(23)22-8-10(5-4-9(22)2)19-15-11-6-7-18-14(11)20-16(21-15)13(17)24/h3,6-7,9-10H,1,4-5,8H2,2H3,(H2,17,24)(H2,18,19,20,21)/t9-,10+/m0/s1. The van der Waals surface area contributed by atoms with Gasteiger partial charge in [0.25, 0.3) is 5.91 Å². The topological polar surface area (TPSA) is 117 Å². The van der Waals surface area contributed by atoms with Crippen molar-refractivity contribution in [3.05, 3.63) is 30.7 Å². The first-order valence-electron chi connectivity index (χ1n) is 7.84. The molecule has 2 atom stereocenters. The van der Waals surface area contributed by atoms with Crippen molar-refractivity contribution in [3.8, 4) is 0 Å². The van der Waals surface area contributed by atoms with Gasteiger partial charge < -0.3 is 20.9 Å². The van der Waals surface area contributed by atoms with Crippen molar-refractivity contribution in [2.75, 3.05) is 11.9 Å². The lowest BCUT2D eigenvalue weighted by molar-refractivity contribution is -0.129. The molecule has 1 saturated heterocycles. The van der Waals surface area contributed by atoms with E-state index in [0.717, 1.165) is 18.2 Å². The molecule has 0 aliphatic carbocycles. The molecule has 1 aliphatic heterocycles. The van der Waals surface area contributed by atoms with Crippen LogP contribution in [0.15, 0.2) is 24.9 Å². The number of hydrogen-bond acceptors (Lipinski definition) is 5. The SMILES string of the molecule is C=CC(=O)N1C[C@H](Nc2nc(C(N)=O)nc3[nH]ccc23)CC[C@@H]1C. The first kappa shape index (κ1) is 16.0. The summed E-state index contributed by atoms with van der Waals surface area (Å²) < 4.78 is 0. The van der Waals surface area contributed by atoms with Gasteiger partial charge in [0.1, 0.15) is 11.5 Å². The number of H-pyrrole nitrogens is 1. The average molecular weight is 328 g/mol. The Balaban J connectivity index is 1.86. The lowest BCUT2D eigenvalue weighted by atomic mass is 9.99. The first-order valence-corrected chi connectivity index (χ1v) is 7.84. The number of nitrogens with two attached hydrogens (primary N) is 1. The van der Waals surface area contributed by atoms with Crippen LogP contribution in [-0.4, -0.2) is 50.3 Å². The van der Waals surface area contributed by atoms with Crippen LogP contribution < -0.4 is 11.1 Å². The molecule has 2 aromatic rings. The number of likely N-dealkylation sites (tertiary alicyclic amines) is 1. The smallest absolute Gasteiger partial charge is 0.286 e. The highest BCUT2D eigenvalue weighted by atomic mass is 16.2. The minimum Gasteiger partial charge on any atom is -0.365 e. The average Bonchev–Trinajstić information content (AvgIpc) is 3.04. The number of hydrogen-bond donors (Lipinski definition) is 3. The third-order valence-corrected chi connectivity index (χ3v) is 4.32. The summed E-state index contributed by atoms with van der Waals surface area (Å²) in [5, 5.41) is 4.11. The number of carbonyl (C=O) groups is 2. The van der Waals surface area contributed by atoms with Crippen molar-refractivity contribution < 1.29 is 9.59 Å². The molecule has 0 aromatic carbocycles. The molecule has 0 unspecified atom stereocenters. The van der Waals surface area contributed by atoms with Crippen LogP contribution >= 0.6 is 0 Å². The van der Waals surface area contributed by atoms with E-state index < -0.39 is 5.91 Å². The number of nitrogens with zero attached hydrogens (tertiary/aromatic N) is 3. The molecule has 1 aliphatic rings. The maximum absolute atomic E-state index is 12.0. The Labute approximate surface area is 139 Å². The highest BCUT2D eigenvalue weighted by Gasteiger charge is 2.28. The molecule has 0 spiro atoms. The van der Waals surface area contributed by atoms with E-state index in [0.29, 0.717) is 18.0 Å². The highest BCUT2D eigenvalue weighted by Crippen LogP contribution is 2.24. The number of aromatic nitrogens is 3. The van der Waals surface area contributed by atoms with Gasteiger partial charge in [0.2, 0.25) is 11.7 Å². The zero-order valence-electron chi connectivity index (χ0n) is 13.5. The van der Waals surface area contributed by atoms with Crippen LogP contribution in [0.4, 0.5) is 5.82 Å².